The number of aliphatic hydroxyl groups is 1. The Hall–Kier alpha value is -2.47. The van der Waals surface area contributed by atoms with Crippen LogP contribution in [0.1, 0.15) is 89.9 Å². The molecule has 0 saturated heterocycles. The molecule has 1 saturated carbocycles. The molecule has 28 heavy (non-hydrogen) atoms. The Labute approximate surface area is 165 Å². The summed E-state index contributed by atoms with van der Waals surface area (Å²) in [7, 11) is 0. The first kappa shape index (κ1) is 20.3. The molecule has 1 fully saturated rings. The van der Waals surface area contributed by atoms with Gasteiger partial charge in [-0.1, -0.05) is 13.0 Å². The SMILES string of the molecule is CCC(=O)c1cc(C(=O)NC2CCC(O)CC2)c(C(C)c2cccc(C)n2)o1. The Balaban J connectivity index is 1.89. The summed E-state index contributed by atoms with van der Waals surface area (Å²) >= 11 is 0. The number of Topliss-reactive ketones (excluding diaryl/α,β-unsaturated/α-hetero) is 1. The van der Waals surface area contributed by atoms with Crippen LogP contribution in [0.25, 0.3) is 0 Å². The van der Waals surface area contributed by atoms with Crippen LogP contribution < -0.4 is 5.32 Å². The van der Waals surface area contributed by atoms with E-state index in [4.69, 9.17) is 4.42 Å². The van der Waals surface area contributed by atoms with Crippen molar-refractivity contribution >= 4 is 11.7 Å². The molecule has 1 atom stereocenters. The van der Waals surface area contributed by atoms with E-state index in [0.29, 0.717) is 30.6 Å². The summed E-state index contributed by atoms with van der Waals surface area (Å²) in [4.78, 5) is 29.7. The number of nitrogens with one attached hydrogen (secondary N) is 1. The van der Waals surface area contributed by atoms with Crippen LogP contribution in [-0.4, -0.2) is 33.9 Å². The number of ketones is 1. The van der Waals surface area contributed by atoms with E-state index in [9.17, 15) is 14.7 Å². The van der Waals surface area contributed by atoms with Crippen molar-refractivity contribution < 1.29 is 19.1 Å². The normalized spacial score (nSPS) is 20.6. The molecular weight excluding hydrogens is 356 g/mol. The fraction of sp³-hybridized carbons (Fsp3) is 0.500. The third kappa shape index (κ3) is 4.50. The second kappa shape index (κ2) is 8.69. The zero-order valence-corrected chi connectivity index (χ0v) is 16.7. The highest BCUT2D eigenvalue weighted by molar-refractivity contribution is 6.00. The Morgan fingerprint density at radius 3 is 2.64 bits per heavy atom. The quantitative estimate of drug-likeness (QED) is 0.740. The topological polar surface area (TPSA) is 92.4 Å². The minimum absolute atomic E-state index is 0.0244. The maximum Gasteiger partial charge on any atom is 0.255 e. The molecule has 2 N–H and O–H groups in total. The number of pyridine rings is 1. The van der Waals surface area contributed by atoms with Crippen molar-refractivity contribution in [3.63, 3.8) is 0 Å². The van der Waals surface area contributed by atoms with Gasteiger partial charge in [-0.2, -0.15) is 0 Å². The molecule has 2 heterocycles. The molecule has 2 aromatic heterocycles. The summed E-state index contributed by atoms with van der Waals surface area (Å²) in [5.41, 5.74) is 2.06. The van der Waals surface area contributed by atoms with Gasteiger partial charge in [0.1, 0.15) is 5.76 Å². The van der Waals surface area contributed by atoms with Gasteiger partial charge in [-0.15, -0.1) is 0 Å². The highest BCUT2D eigenvalue weighted by Gasteiger charge is 2.28. The molecule has 0 bridgehead atoms. The zero-order valence-electron chi connectivity index (χ0n) is 16.7. The van der Waals surface area contributed by atoms with Crippen LogP contribution in [0.3, 0.4) is 0 Å². The maximum atomic E-state index is 13.0. The maximum absolute atomic E-state index is 13.0. The summed E-state index contributed by atoms with van der Waals surface area (Å²) in [6.07, 6.45) is 2.90. The molecule has 1 amide bonds. The molecule has 1 aliphatic carbocycles. The standard InChI is InChI=1S/C22H28N2O4/c1-4-19(26)20-12-17(22(27)24-15-8-10-16(25)11-9-15)21(28-20)14(3)18-7-5-6-13(2)23-18/h5-7,12,14-16,25H,4,8-11H2,1-3H3,(H,24,27). The number of carbonyl (C=O) groups is 2. The molecule has 6 heteroatoms. The minimum Gasteiger partial charge on any atom is -0.456 e. The summed E-state index contributed by atoms with van der Waals surface area (Å²) in [5, 5.41) is 12.7. The van der Waals surface area contributed by atoms with Crippen LogP contribution in [0.4, 0.5) is 0 Å². The molecule has 3 rings (SSSR count). The fourth-order valence-electron chi connectivity index (χ4n) is 3.64. The number of carbonyl (C=O) groups excluding carboxylic acids is 2. The van der Waals surface area contributed by atoms with Crippen LogP contribution in [0, 0.1) is 6.92 Å². The number of hydrogen-bond acceptors (Lipinski definition) is 5. The smallest absolute Gasteiger partial charge is 0.255 e. The van der Waals surface area contributed by atoms with Crippen molar-refractivity contribution in [3.8, 4) is 0 Å². The van der Waals surface area contributed by atoms with E-state index in [-0.39, 0.29) is 35.5 Å². The largest absolute Gasteiger partial charge is 0.456 e. The Kier molecular flexibility index (Phi) is 6.29. The van der Waals surface area contributed by atoms with Gasteiger partial charge < -0.3 is 14.8 Å². The predicted octanol–water partition coefficient (Wildman–Crippen LogP) is 3.76. The third-order valence-corrected chi connectivity index (χ3v) is 5.38. The first-order valence-electron chi connectivity index (χ1n) is 9.98. The van der Waals surface area contributed by atoms with Gasteiger partial charge in [0.2, 0.25) is 0 Å². The highest BCUT2D eigenvalue weighted by Crippen LogP contribution is 2.30. The average molecular weight is 384 g/mol. The van der Waals surface area contributed by atoms with Gasteiger partial charge in [-0.05, 0) is 51.7 Å². The summed E-state index contributed by atoms with van der Waals surface area (Å²) in [6.45, 7) is 5.60. The van der Waals surface area contributed by atoms with Gasteiger partial charge in [0.05, 0.1) is 23.3 Å². The number of rotatable bonds is 6. The molecule has 0 spiro atoms. The lowest BCUT2D eigenvalue weighted by Gasteiger charge is -2.26. The number of aromatic nitrogens is 1. The van der Waals surface area contributed by atoms with Gasteiger partial charge in [-0.25, -0.2) is 0 Å². The molecule has 0 radical (unpaired) electrons. The van der Waals surface area contributed by atoms with E-state index in [2.05, 4.69) is 10.3 Å². The van der Waals surface area contributed by atoms with E-state index in [1.54, 1.807) is 13.0 Å². The van der Waals surface area contributed by atoms with E-state index < -0.39 is 0 Å². The van der Waals surface area contributed by atoms with E-state index in [1.807, 2.05) is 32.0 Å². The molecule has 2 aromatic rings. The lowest BCUT2D eigenvalue weighted by atomic mass is 9.92. The first-order chi connectivity index (χ1) is 13.4. The van der Waals surface area contributed by atoms with Crippen molar-refractivity contribution in [2.75, 3.05) is 0 Å². The Morgan fingerprint density at radius 2 is 2.00 bits per heavy atom. The van der Waals surface area contributed by atoms with Gasteiger partial charge >= 0.3 is 0 Å². The molecule has 1 aliphatic rings. The predicted molar refractivity (Wildman–Crippen MR) is 106 cm³/mol. The van der Waals surface area contributed by atoms with Gasteiger partial charge in [-0.3, -0.25) is 14.6 Å². The van der Waals surface area contributed by atoms with Gasteiger partial charge in [0.25, 0.3) is 5.91 Å². The fourth-order valence-corrected chi connectivity index (χ4v) is 3.64. The minimum atomic E-state index is -0.279. The number of hydrogen-bond donors (Lipinski definition) is 2. The van der Waals surface area contributed by atoms with Crippen LogP contribution in [-0.2, 0) is 0 Å². The van der Waals surface area contributed by atoms with Crippen molar-refractivity contribution in [1.29, 1.82) is 0 Å². The molecule has 0 aliphatic heterocycles. The van der Waals surface area contributed by atoms with Crippen molar-refractivity contribution in [2.45, 2.75) is 70.9 Å². The first-order valence-corrected chi connectivity index (χ1v) is 9.98. The van der Waals surface area contributed by atoms with Crippen molar-refractivity contribution in [3.05, 3.63) is 52.7 Å². The van der Waals surface area contributed by atoms with Gasteiger partial charge in [0.15, 0.2) is 11.5 Å². The molecule has 6 nitrogen and oxygen atoms in total. The van der Waals surface area contributed by atoms with Crippen LogP contribution in [0.2, 0.25) is 0 Å². The van der Waals surface area contributed by atoms with E-state index in [0.717, 1.165) is 24.2 Å². The highest BCUT2D eigenvalue weighted by atomic mass is 16.4. The second-order valence-electron chi connectivity index (χ2n) is 7.57. The second-order valence-corrected chi connectivity index (χ2v) is 7.57. The van der Waals surface area contributed by atoms with Crippen LogP contribution in [0.15, 0.2) is 28.7 Å². The lowest BCUT2D eigenvalue weighted by molar-refractivity contribution is 0.0865. The van der Waals surface area contributed by atoms with Crippen molar-refractivity contribution in [1.82, 2.24) is 10.3 Å². The average Bonchev–Trinajstić information content (AvgIpc) is 3.14. The number of furan rings is 1. The third-order valence-electron chi connectivity index (χ3n) is 5.38. The monoisotopic (exact) mass is 384 g/mol. The molecular formula is C22H28N2O4. The molecule has 150 valence electrons. The zero-order chi connectivity index (χ0) is 20.3. The Bertz CT molecular complexity index is 850. The number of nitrogens with zero attached hydrogens (tertiary/aromatic N) is 1. The van der Waals surface area contributed by atoms with Crippen LogP contribution in [0.5, 0.6) is 0 Å². The Morgan fingerprint density at radius 1 is 1.29 bits per heavy atom. The number of amides is 1. The number of aliphatic hydroxyl groups excluding tert-OH is 1. The summed E-state index contributed by atoms with van der Waals surface area (Å²) < 4.78 is 5.86. The lowest BCUT2D eigenvalue weighted by Crippen LogP contribution is -2.38. The molecule has 0 aromatic carbocycles. The molecule has 1 unspecified atom stereocenters. The van der Waals surface area contributed by atoms with Crippen molar-refractivity contribution in [2.24, 2.45) is 0 Å². The number of aryl methyl sites for hydroxylation is 1. The van der Waals surface area contributed by atoms with Gasteiger partial charge in [0, 0.05) is 24.2 Å². The summed E-state index contributed by atoms with van der Waals surface area (Å²) in [5.74, 6) is 0.0389. The van der Waals surface area contributed by atoms with E-state index >= 15 is 0 Å². The van der Waals surface area contributed by atoms with Crippen LogP contribution >= 0.6 is 0 Å². The van der Waals surface area contributed by atoms with E-state index in [1.165, 1.54) is 0 Å². The summed E-state index contributed by atoms with van der Waals surface area (Å²) in [6, 6.07) is 7.31.